The van der Waals surface area contributed by atoms with Crippen LogP contribution in [0.5, 0.6) is 0 Å². The maximum absolute atomic E-state index is 9.28. The van der Waals surface area contributed by atoms with Gasteiger partial charge in [0.2, 0.25) is 0 Å². The van der Waals surface area contributed by atoms with Gasteiger partial charge in [0.1, 0.15) is 11.8 Å². The molecule has 2 aromatic heterocycles. The molecule has 0 aliphatic heterocycles. The van der Waals surface area contributed by atoms with E-state index in [2.05, 4.69) is 15.0 Å². The minimum atomic E-state index is -0.837. The zero-order chi connectivity index (χ0) is 10.8. The highest BCUT2D eigenvalue weighted by molar-refractivity contribution is 6.33. The van der Waals surface area contributed by atoms with E-state index >= 15 is 0 Å². The van der Waals surface area contributed by atoms with Crippen molar-refractivity contribution in [2.24, 2.45) is 0 Å². The number of aromatic nitrogens is 4. The number of halogens is 1. The number of hydrogen-bond acceptors (Lipinski definition) is 5. The Hall–Kier alpha value is -1.24. The van der Waals surface area contributed by atoms with Gasteiger partial charge in [0.05, 0.1) is 25.6 Å². The van der Waals surface area contributed by atoms with Gasteiger partial charge < -0.3 is 14.8 Å². The minimum absolute atomic E-state index is 0.223. The third-order valence-corrected chi connectivity index (χ3v) is 2.25. The van der Waals surface area contributed by atoms with Crippen molar-refractivity contribution in [1.29, 1.82) is 0 Å². The van der Waals surface area contributed by atoms with Crippen molar-refractivity contribution in [3.63, 3.8) is 0 Å². The molecule has 0 aliphatic carbocycles. The average molecular weight is 229 g/mol. The molecule has 2 rings (SSSR count). The molecule has 2 heterocycles. The normalized spacial score (nSPS) is 13.3. The Morgan fingerprint density at radius 2 is 2.20 bits per heavy atom. The lowest BCUT2D eigenvalue weighted by Crippen LogP contribution is -2.19. The summed E-state index contributed by atoms with van der Waals surface area (Å²) in [5.74, 6) is 0. The van der Waals surface area contributed by atoms with Crippen LogP contribution in [0.15, 0.2) is 12.7 Å². The highest BCUT2D eigenvalue weighted by atomic mass is 35.5. The Balaban J connectivity index is 2.41. The van der Waals surface area contributed by atoms with E-state index in [1.54, 1.807) is 4.57 Å². The van der Waals surface area contributed by atoms with Crippen LogP contribution >= 0.6 is 11.6 Å². The first kappa shape index (κ1) is 10.3. The van der Waals surface area contributed by atoms with Gasteiger partial charge in [-0.25, -0.2) is 15.0 Å². The third kappa shape index (κ3) is 1.92. The van der Waals surface area contributed by atoms with E-state index in [-0.39, 0.29) is 18.3 Å². The van der Waals surface area contributed by atoms with E-state index in [1.807, 2.05) is 0 Å². The van der Waals surface area contributed by atoms with E-state index in [0.717, 1.165) is 0 Å². The van der Waals surface area contributed by atoms with Crippen molar-refractivity contribution < 1.29 is 10.2 Å². The van der Waals surface area contributed by atoms with Gasteiger partial charge >= 0.3 is 0 Å². The van der Waals surface area contributed by atoms with Crippen LogP contribution in [0.25, 0.3) is 11.2 Å². The summed E-state index contributed by atoms with van der Waals surface area (Å²) in [4.78, 5) is 11.8. The van der Waals surface area contributed by atoms with Crippen molar-refractivity contribution in [3.8, 4) is 0 Å². The molecule has 0 spiro atoms. The Morgan fingerprint density at radius 1 is 1.40 bits per heavy atom. The van der Waals surface area contributed by atoms with Crippen LogP contribution < -0.4 is 0 Å². The van der Waals surface area contributed by atoms with Gasteiger partial charge in [0, 0.05) is 0 Å². The van der Waals surface area contributed by atoms with Crippen molar-refractivity contribution in [2.45, 2.75) is 12.6 Å². The number of nitrogens with zero attached hydrogens (tertiary/aromatic N) is 4. The average Bonchev–Trinajstić information content (AvgIpc) is 2.63. The molecule has 0 bridgehead atoms. The Kier molecular flexibility index (Phi) is 2.81. The molecular formula is C8H9ClN4O2. The molecule has 0 saturated heterocycles. The Labute approximate surface area is 90.2 Å². The topological polar surface area (TPSA) is 84.1 Å². The lowest BCUT2D eigenvalue weighted by molar-refractivity contribution is 0.0820. The molecule has 7 heteroatoms. The number of hydrogen-bond donors (Lipinski definition) is 2. The van der Waals surface area contributed by atoms with Crippen LogP contribution in [-0.4, -0.2) is 42.4 Å². The molecule has 0 aromatic carbocycles. The van der Waals surface area contributed by atoms with Gasteiger partial charge in [0.25, 0.3) is 0 Å². The van der Waals surface area contributed by atoms with Gasteiger partial charge in [-0.2, -0.15) is 0 Å². The Bertz CT molecular complexity index is 473. The van der Waals surface area contributed by atoms with Crippen LogP contribution in [0.3, 0.4) is 0 Å². The highest BCUT2D eigenvalue weighted by Gasteiger charge is 2.10. The summed E-state index contributed by atoms with van der Waals surface area (Å²) < 4.78 is 1.61. The summed E-state index contributed by atoms with van der Waals surface area (Å²) in [6.07, 6.45) is 1.99. The van der Waals surface area contributed by atoms with E-state index in [4.69, 9.17) is 16.7 Å². The van der Waals surface area contributed by atoms with Crippen LogP contribution in [0.4, 0.5) is 0 Å². The fraction of sp³-hybridized carbons (Fsp3) is 0.375. The molecule has 0 fully saturated rings. The SMILES string of the molecule is OC[C@H](O)Cn1cnc2c(Cl)ncnc21. The van der Waals surface area contributed by atoms with Crippen molar-refractivity contribution in [3.05, 3.63) is 17.8 Å². The molecule has 2 aromatic rings. The molecule has 15 heavy (non-hydrogen) atoms. The standard InChI is InChI=1S/C8H9ClN4O2/c9-7-6-8(11-3-10-7)13(4-12-6)1-5(15)2-14/h3-5,14-15H,1-2H2/t5-/m1/s1. The van der Waals surface area contributed by atoms with Gasteiger partial charge in [0.15, 0.2) is 10.8 Å². The van der Waals surface area contributed by atoms with E-state index in [9.17, 15) is 5.11 Å². The second-order valence-electron chi connectivity index (χ2n) is 3.07. The first-order chi connectivity index (χ1) is 7.22. The molecule has 1 atom stereocenters. The molecule has 80 valence electrons. The van der Waals surface area contributed by atoms with Gasteiger partial charge in [-0.15, -0.1) is 0 Å². The lowest BCUT2D eigenvalue weighted by atomic mass is 10.4. The van der Waals surface area contributed by atoms with Crippen LogP contribution in [0, 0.1) is 0 Å². The number of fused-ring (bicyclic) bond motifs is 1. The second-order valence-corrected chi connectivity index (χ2v) is 3.43. The summed E-state index contributed by atoms with van der Waals surface area (Å²) in [5, 5.41) is 18.3. The molecule has 0 amide bonds. The quantitative estimate of drug-likeness (QED) is 0.713. The van der Waals surface area contributed by atoms with Gasteiger partial charge in [-0.3, -0.25) is 0 Å². The van der Waals surface area contributed by atoms with Crippen LogP contribution in [0.2, 0.25) is 5.15 Å². The number of imidazole rings is 1. The maximum atomic E-state index is 9.28. The predicted molar refractivity (Wildman–Crippen MR) is 53.4 cm³/mol. The fourth-order valence-corrected chi connectivity index (χ4v) is 1.45. The first-order valence-corrected chi connectivity index (χ1v) is 4.70. The zero-order valence-corrected chi connectivity index (χ0v) is 8.46. The molecule has 6 nitrogen and oxygen atoms in total. The summed E-state index contributed by atoms with van der Waals surface area (Å²) in [6, 6.07) is 0. The second kappa shape index (κ2) is 4.09. The Morgan fingerprint density at radius 3 is 2.93 bits per heavy atom. The highest BCUT2D eigenvalue weighted by Crippen LogP contribution is 2.16. The third-order valence-electron chi connectivity index (χ3n) is 1.97. The smallest absolute Gasteiger partial charge is 0.164 e. The monoisotopic (exact) mass is 228 g/mol. The lowest BCUT2D eigenvalue weighted by Gasteiger charge is -2.07. The largest absolute Gasteiger partial charge is 0.394 e. The van der Waals surface area contributed by atoms with Gasteiger partial charge in [-0.05, 0) is 0 Å². The zero-order valence-electron chi connectivity index (χ0n) is 7.71. The van der Waals surface area contributed by atoms with E-state index in [0.29, 0.717) is 11.2 Å². The van der Waals surface area contributed by atoms with Crippen LogP contribution in [0.1, 0.15) is 0 Å². The fourth-order valence-electron chi connectivity index (χ4n) is 1.27. The molecule has 0 saturated carbocycles. The molecule has 0 radical (unpaired) electrons. The summed E-state index contributed by atoms with van der Waals surface area (Å²) >= 11 is 5.80. The molecule has 2 N–H and O–H groups in total. The molecule has 0 unspecified atom stereocenters. The van der Waals surface area contributed by atoms with Gasteiger partial charge in [-0.1, -0.05) is 11.6 Å². The minimum Gasteiger partial charge on any atom is -0.394 e. The van der Waals surface area contributed by atoms with Crippen molar-refractivity contribution in [1.82, 2.24) is 19.5 Å². The van der Waals surface area contributed by atoms with E-state index < -0.39 is 6.10 Å². The summed E-state index contributed by atoms with van der Waals surface area (Å²) in [6.45, 7) is -0.0845. The molecular weight excluding hydrogens is 220 g/mol. The molecule has 0 aliphatic rings. The summed E-state index contributed by atoms with van der Waals surface area (Å²) in [5.41, 5.74) is 1.03. The summed E-state index contributed by atoms with van der Waals surface area (Å²) in [7, 11) is 0. The van der Waals surface area contributed by atoms with Crippen LogP contribution in [-0.2, 0) is 6.54 Å². The maximum Gasteiger partial charge on any atom is 0.164 e. The van der Waals surface area contributed by atoms with Crippen molar-refractivity contribution in [2.75, 3.05) is 6.61 Å². The number of aliphatic hydroxyl groups is 2. The number of rotatable bonds is 3. The first-order valence-electron chi connectivity index (χ1n) is 4.32. The van der Waals surface area contributed by atoms with Crippen molar-refractivity contribution >= 4 is 22.8 Å². The predicted octanol–water partition coefficient (Wildman–Crippen LogP) is -0.167. The van der Waals surface area contributed by atoms with E-state index in [1.165, 1.54) is 12.7 Å². The number of aliphatic hydroxyl groups excluding tert-OH is 2.